The summed E-state index contributed by atoms with van der Waals surface area (Å²) in [5.74, 6) is 1.46. The van der Waals surface area contributed by atoms with Crippen molar-refractivity contribution in [3.63, 3.8) is 0 Å². The molecule has 0 aliphatic carbocycles. The van der Waals surface area contributed by atoms with E-state index in [0.717, 1.165) is 49.2 Å². The average molecular weight is 439 g/mol. The molecule has 0 fully saturated rings. The molecule has 2 aromatic rings. The van der Waals surface area contributed by atoms with Crippen molar-refractivity contribution in [3.05, 3.63) is 48.3 Å². The van der Waals surface area contributed by atoms with Crippen LogP contribution in [0.5, 0.6) is 5.75 Å². The molecular weight excluding hydrogens is 396 g/mol. The summed E-state index contributed by atoms with van der Waals surface area (Å²) in [7, 11) is 0. The molecule has 32 heavy (non-hydrogen) atoms. The van der Waals surface area contributed by atoms with Crippen molar-refractivity contribution in [1.29, 1.82) is 0 Å². The van der Waals surface area contributed by atoms with Crippen LogP contribution in [0.1, 0.15) is 96.5 Å². The summed E-state index contributed by atoms with van der Waals surface area (Å²) in [6.45, 7) is 4.83. The van der Waals surface area contributed by atoms with Crippen LogP contribution in [-0.2, 0) is 0 Å². The van der Waals surface area contributed by atoms with Crippen LogP contribution >= 0.6 is 0 Å². The lowest BCUT2D eigenvalue weighted by atomic mass is 10.1. The van der Waals surface area contributed by atoms with Crippen LogP contribution in [-0.4, -0.2) is 27.8 Å². The Hall–Kier alpha value is -2.20. The second kappa shape index (κ2) is 16.4. The van der Waals surface area contributed by atoms with Crippen molar-refractivity contribution >= 4 is 6.08 Å². The number of ether oxygens (including phenoxy) is 1. The number of aliphatic hydroxyl groups excluding tert-OH is 1. The van der Waals surface area contributed by atoms with Crippen molar-refractivity contribution in [2.75, 3.05) is 6.61 Å². The molecular formula is C28H42N2O2. The Morgan fingerprint density at radius 2 is 1.50 bits per heavy atom. The summed E-state index contributed by atoms with van der Waals surface area (Å²) in [5, 5.41) is 9.29. The fourth-order valence-electron chi connectivity index (χ4n) is 3.64. The third kappa shape index (κ3) is 11.4. The van der Waals surface area contributed by atoms with E-state index in [-0.39, 0.29) is 6.10 Å². The Balaban J connectivity index is 1.64. The summed E-state index contributed by atoms with van der Waals surface area (Å²) in [6.07, 6.45) is 22.3. The summed E-state index contributed by atoms with van der Waals surface area (Å²) in [6, 6.07) is 8.26. The van der Waals surface area contributed by atoms with E-state index in [1.54, 1.807) is 12.4 Å². The normalized spacial score (nSPS) is 12.3. The number of allylic oxidation sites excluding steroid dienone is 1. The van der Waals surface area contributed by atoms with Crippen LogP contribution < -0.4 is 4.74 Å². The van der Waals surface area contributed by atoms with Gasteiger partial charge in [0.05, 0.1) is 25.1 Å². The molecule has 0 radical (unpaired) electrons. The minimum absolute atomic E-state index is 0.214. The second-order valence-electron chi connectivity index (χ2n) is 8.72. The van der Waals surface area contributed by atoms with Gasteiger partial charge in [0.1, 0.15) is 0 Å². The largest absolute Gasteiger partial charge is 0.490 e. The number of aromatic nitrogens is 2. The van der Waals surface area contributed by atoms with Gasteiger partial charge in [-0.15, -0.1) is 0 Å². The summed E-state index contributed by atoms with van der Waals surface area (Å²) < 4.78 is 5.80. The molecule has 0 saturated heterocycles. The highest BCUT2D eigenvalue weighted by Gasteiger charge is 2.02. The highest BCUT2D eigenvalue weighted by molar-refractivity contribution is 5.59. The van der Waals surface area contributed by atoms with Gasteiger partial charge in [0, 0.05) is 5.56 Å². The minimum atomic E-state index is -0.214. The molecule has 1 N–H and O–H groups in total. The second-order valence-corrected chi connectivity index (χ2v) is 8.72. The van der Waals surface area contributed by atoms with Crippen molar-refractivity contribution in [3.8, 4) is 17.1 Å². The number of hydrogen-bond acceptors (Lipinski definition) is 4. The van der Waals surface area contributed by atoms with E-state index < -0.39 is 0 Å². The molecule has 1 heterocycles. The van der Waals surface area contributed by atoms with Gasteiger partial charge in [0.25, 0.3) is 0 Å². The Bertz CT molecular complexity index is 739. The highest BCUT2D eigenvalue weighted by atomic mass is 16.5. The van der Waals surface area contributed by atoms with E-state index in [1.165, 1.54) is 51.4 Å². The van der Waals surface area contributed by atoms with Crippen molar-refractivity contribution in [2.45, 2.75) is 97.0 Å². The lowest BCUT2D eigenvalue weighted by Gasteiger charge is -2.07. The third-order valence-electron chi connectivity index (χ3n) is 5.62. The molecule has 4 nitrogen and oxygen atoms in total. The van der Waals surface area contributed by atoms with E-state index in [2.05, 4.69) is 41.2 Å². The SMILES string of the molecule is CCCCCCCCCCCOc1cnc(-c2ccc(/C=C/CCCC(C)O)cc2)nc1. The molecule has 0 bridgehead atoms. The van der Waals surface area contributed by atoms with Gasteiger partial charge in [-0.25, -0.2) is 9.97 Å². The number of benzene rings is 1. The zero-order valence-corrected chi connectivity index (χ0v) is 20.1. The van der Waals surface area contributed by atoms with Gasteiger partial charge in [-0.1, -0.05) is 94.7 Å². The first kappa shape index (κ1) is 26.1. The number of rotatable bonds is 17. The maximum atomic E-state index is 9.29. The van der Waals surface area contributed by atoms with Gasteiger partial charge in [-0.05, 0) is 38.2 Å². The predicted octanol–water partition coefficient (Wildman–Crippen LogP) is 7.62. The molecule has 4 heteroatoms. The monoisotopic (exact) mass is 438 g/mol. The molecule has 176 valence electrons. The van der Waals surface area contributed by atoms with Crippen molar-refractivity contribution in [2.24, 2.45) is 0 Å². The Morgan fingerprint density at radius 1 is 0.875 bits per heavy atom. The quantitative estimate of drug-likeness (QED) is 0.258. The molecule has 2 rings (SSSR count). The van der Waals surface area contributed by atoms with Gasteiger partial charge >= 0.3 is 0 Å². The first-order valence-corrected chi connectivity index (χ1v) is 12.6. The van der Waals surface area contributed by atoms with Crippen LogP contribution in [0.2, 0.25) is 0 Å². The van der Waals surface area contributed by atoms with E-state index >= 15 is 0 Å². The van der Waals surface area contributed by atoms with Crippen LogP contribution in [0.15, 0.2) is 42.7 Å². The van der Waals surface area contributed by atoms with Crippen LogP contribution in [0.25, 0.3) is 17.5 Å². The molecule has 0 spiro atoms. The smallest absolute Gasteiger partial charge is 0.159 e. The van der Waals surface area contributed by atoms with Crippen molar-refractivity contribution in [1.82, 2.24) is 9.97 Å². The van der Waals surface area contributed by atoms with Gasteiger partial charge < -0.3 is 9.84 Å². The summed E-state index contributed by atoms with van der Waals surface area (Å²) in [5.41, 5.74) is 2.16. The minimum Gasteiger partial charge on any atom is -0.490 e. The van der Waals surface area contributed by atoms with Gasteiger partial charge in [-0.2, -0.15) is 0 Å². The molecule has 0 aliphatic heterocycles. The summed E-state index contributed by atoms with van der Waals surface area (Å²) in [4.78, 5) is 8.94. The van der Waals surface area contributed by atoms with E-state index in [0.29, 0.717) is 5.82 Å². The van der Waals surface area contributed by atoms with E-state index in [4.69, 9.17) is 4.74 Å². The Morgan fingerprint density at radius 3 is 2.12 bits per heavy atom. The molecule has 0 saturated carbocycles. The van der Waals surface area contributed by atoms with E-state index in [9.17, 15) is 5.11 Å². The zero-order valence-electron chi connectivity index (χ0n) is 20.1. The van der Waals surface area contributed by atoms with Crippen LogP contribution in [0.3, 0.4) is 0 Å². The number of nitrogens with zero attached hydrogens (tertiary/aromatic N) is 2. The maximum absolute atomic E-state index is 9.29. The van der Waals surface area contributed by atoms with Gasteiger partial charge in [0.15, 0.2) is 11.6 Å². The fraction of sp³-hybridized carbons (Fsp3) is 0.571. The summed E-state index contributed by atoms with van der Waals surface area (Å²) >= 11 is 0. The highest BCUT2D eigenvalue weighted by Crippen LogP contribution is 2.18. The Labute approximate surface area is 195 Å². The maximum Gasteiger partial charge on any atom is 0.159 e. The van der Waals surface area contributed by atoms with Crippen molar-refractivity contribution < 1.29 is 9.84 Å². The van der Waals surface area contributed by atoms with Crippen LogP contribution in [0, 0.1) is 0 Å². The first-order valence-electron chi connectivity index (χ1n) is 12.6. The zero-order chi connectivity index (χ0) is 22.9. The fourth-order valence-corrected chi connectivity index (χ4v) is 3.64. The molecule has 0 amide bonds. The molecule has 1 unspecified atom stereocenters. The number of unbranched alkanes of at least 4 members (excludes halogenated alkanes) is 9. The third-order valence-corrected chi connectivity index (χ3v) is 5.62. The standard InChI is InChI=1S/C28H42N2O2/c1-3-4-5-6-7-8-9-10-14-21-32-27-22-29-28(30-23-27)26-19-17-25(18-20-26)16-13-11-12-15-24(2)31/h13,16-20,22-24,31H,3-12,14-15,21H2,1-2H3/b16-13+. The lowest BCUT2D eigenvalue weighted by Crippen LogP contribution is -1.99. The lowest BCUT2D eigenvalue weighted by molar-refractivity contribution is 0.182. The predicted molar refractivity (Wildman–Crippen MR) is 135 cm³/mol. The average Bonchev–Trinajstić information content (AvgIpc) is 2.81. The molecule has 1 atom stereocenters. The number of aliphatic hydroxyl groups is 1. The topological polar surface area (TPSA) is 55.2 Å². The molecule has 1 aromatic heterocycles. The van der Waals surface area contributed by atoms with E-state index in [1.807, 2.05) is 19.1 Å². The molecule has 0 aliphatic rings. The van der Waals surface area contributed by atoms with Gasteiger partial charge in [-0.3, -0.25) is 0 Å². The Kier molecular flexibility index (Phi) is 13.4. The molecule has 1 aromatic carbocycles. The van der Waals surface area contributed by atoms with Crippen LogP contribution in [0.4, 0.5) is 0 Å². The van der Waals surface area contributed by atoms with Gasteiger partial charge in [0.2, 0.25) is 0 Å². The first-order chi connectivity index (χ1) is 15.7. The number of hydrogen-bond donors (Lipinski definition) is 1.